The number of benzene rings is 1. The van der Waals surface area contributed by atoms with Gasteiger partial charge < -0.3 is 10.6 Å². The first-order valence-corrected chi connectivity index (χ1v) is 7.22. The molecule has 20 heavy (non-hydrogen) atoms. The summed E-state index contributed by atoms with van der Waals surface area (Å²) in [6.07, 6.45) is 1.92. The van der Waals surface area contributed by atoms with Crippen LogP contribution in [-0.2, 0) is 0 Å². The maximum Gasteiger partial charge on any atom is 0.255 e. The minimum Gasteiger partial charge on any atom is -0.339 e. The van der Waals surface area contributed by atoms with Gasteiger partial charge in [0.15, 0.2) is 0 Å². The van der Waals surface area contributed by atoms with Gasteiger partial charge in [0.1, 0.15) is 0 Å². The maximum absolute atomic E-state index is 12.6. The Morgan fingerprint density at radius 1 is 1.25 bits per heavy atom. The van der Waals surface area contributed by atoms with Gasteiger partial charge in [-0.15, -0.1) is 0 Å². The van der Waals surface area contributed by atoms with Crippen molar-refractivity contribution in [1.29, 1.82) is 0 Å². The van der Waals surface area contributed by atoms with Crippen molar-refractivity contribution >= 4 is 5.91 Å². The van der Waals surface area contributed by atoms with E-state index in [-0.39, 0.29) is 5.91 Å². The predicted octanol–water partition coefficient (Wildman–Crippen LogP) is 2.57. The summed E-state index contributed by atoms with van der Waals surface area (Å²) in [5.41, 5.74) is 7.98. The van der Waals surface area contributed by atoms with Gasteiger partial charge in [-0.05, 0) is 37.5 Å². The average Bonchev–Trinajstić information content (AvgIpc) is 2.44. The zero-order chi connectivity index (χ0) is 15.0. The molecule has 1 amide bonds. The molecule has 0 heterocycles. The first-order valence-electron chi connectivity index (χ1n) is 7.22. The average molecular weight is 272 g/mol. The minimum atomic E-state index is 0.0648. The highest BCUT2D eigenvalue weighted by Gasteiger charge is 2.17. The molecule has 108 valence electrons. The molecule has 0 saturated heterocycles. The highest BCUT2D eigenvalue weighted by atomic mass is 16.2. The maximum atomic E-state index is 12.6. The van der Waals surface area contributed by atoms with Gasteiger partial charge in [-0.3, -0.25) is 4.79 Å². The molecule has 0 radical (unpaired) electrons. The highest BCUT2D eigenvalue weighted by molar-refractivity contribution is 5.96. The number of rotatable bonds is 5. The van der Waals surface area contributed by atoms with Crippen LogP contribution in [0.15, 0.2) is 18.2 Å². The van der Waals surface area contributed by atoms with Gasteiger partial charge in [-0.25, -0.2) is 0 Å². The van der Waals surface area contributed by atoms with Crippen LogP contribution in [0.2, 0.25) is 0 Å². The van der Waals surface area contributed by atoms with Gasteiger partial charge in [0.2, 0.25) is 0 Å². The van der Waals surface area contributed by atoms with Gasteiger partial charge in [0, 0.05) is 18.7 Å². The summed E-state index contributed by atoms with van der Waals surface area (Å²) in [5.74, 6) is 5.91. The molecule has 0 unspecified atom stereocenters. The normalized spacial score (nSPS) is 9.80. The van der Waals surface area contributed by atoms with Crippen molar-refractivity contribution in [3.8, 4) is 11.8 Å². The summed E-state index contributed by atoms with van der Waals surface area (Å²) in [6.45, 7) is 8.03. The van der Waals surface area contributed by atoms with Crippen LogP contribution in [0.5, 0.6) is 0 Å². The lowest BCUT2D eigenvalue weighted by molar-refractivity contribution is 0.0755. The monoisotopic (exact) mass is 272 g/mol. The molecule has 3 heteroatoms. The van der Waals surface area contributed by atoms with Crippen molar-refractivity contribution in [2.45, 2.75) is 33.6 Å². The Balaban J connectivity index is 3.12. The summed E-state index contributed by atoms with van der Waals surface area (Å²) in [4.78, 5) is 14.5. The Hall–Kier alpha value is -1.79. The van der Waals surface area contributed by atoms with E-state index in [1.807, 2.05) is 30.0 Å². The van der Waals surface area contributed by atoms with Crippen molar-refractivity contribution in [3.63, 3.8) is 0 Å². The van der Waals surface area contributed by atoms with Gasteiger partial charge in [0.25, 0.3) is 5.91 Å². The second-order valence-electron chi connectivity index (χ2n) is 4.85. The van der Waals surface area contributed by atoms with E-state index >= 15 is 0 Å². The van der Waals surface area contributed by atoms with E-state index in [4.69, 9.17) is 5.73 Å². The second-order valence-corrected chi connectivity index (χ2v) is 4.85. The molecule has 0 aliphatic rings. The third-order valence-corrected chi connectivity index (χ3v) is 3.00. The molecule has 0 aliphatic carbocycles. The summed E-state index contributed by atoms with van der Waals surface area (Å²) < 4.78 is 0. The molecule has 0 aromatic heterocycles. The number of hydrogen-bond acceptors (Lipinski definition) is 2. The second kappa shape index (κ2) is 8.39. The predicted molar refractivity (Wildman–Crippen MR) is 83.6 cm³/mol. The van der Waals surface area contributed by atoms with Crippen molar-refractivity contribution < 1.29 is 4.79 Å². The smallest absolute Gasteiger partial charge is 0.255 e. The molecule has 2 N–H and O–H groups in total. The van der Waals surface area contributed by atoms with Gasteiger partial charge in [-0.1, -0.05) is 31.8 Å². The minimum absolute atomic E-state index is 0.0648. The topological polar surface area (TPSA) is 46.3 Å². The lowest BCUT2D eigenvalue weighted by Gasteiger charge is -2.22. The fourth-order valence-corrected chi connectivity index (χ4v) is 2.12. The summed E-state index contributed by atoms with van der Waals surface area (Å²) in [5, 5.41) is 0. The van der Waals surface area contributed by atoms with Crippen LogP contribution in [0.1, 0.15) is 48.2 Å². The van der Waals surface area contributed by atoms with Gasteiger partial charge in [-0.2, -0.15) is 0 Å². The first-order chi connectivity index (χ1) is 9.63. The first kappa shape index (κ1) is 16.3. The van der Waals surface area contributed by atoms with Crippen LogP contribution >= 0.6 is 0 Å². The molecular formula is C17H24N2O. The SMILES string of the molecule is CCCN(CCC)C(=O)c1ccc(C)cc1C#CCN. The molecule has 0 atom stereocenters. The Labute approximate surface area is 122 Å². The fourth-order valence-electron chi connectivity index (χ4n) is 2.12. The van der Waals surface area contributed by atoms with Gasteiger partial charge in [0.05, 0.1) is 12.1 Å². The number of carbonyl (C=O) groups is 1. The molecule has 0 fully saturated rings. The molecule has 0 spiro atoms. The number of nitrogens with two attached hydrogens (primary N) is 1. The van der Waals surface area contributed by atoms with E-state index in [2.05, 4.69) is 25.7 Å². The number of aryl methyl sites for hydroxylation is 1. The van der Waals surface area contributed by atoms with E-state index in [1.165, 1.54) is 0 Å². The molecule has 3 nitrogen and oxygen atoms in total. The molecule has 0 bridgehead atoms. The van der Waals surface area contributed by atoms with Crippen LogP contribution in [0.4, 0.5) is 0 Å². The van der Waals surface area contributed by atoms with Crippen LogP contribution in [0.25, 0.3) is 0 Å². The Kier molecular flexibility index (Phi) is 6.83. The van der Waals surface area contributed by atoms with E-state index in [9.17, 15) is 4.79 Å². The van der Waals surface area contributed by atoms with Crippen molar-refractivity contribution in [2.75, 3.05) is 19.6 Å². The van der Waals surface area contributed by atoms with E-state index in [0.717, 1.165) is 37.1 Å². The summed E-state index contributed by atoms with van der Waals surface area (Å²) >= 11 is 0. The van der Waals surface area contributed by atoms with Crippen molar-refractivity contribution in [2.24, 2.45) is 5.73 Å². The summed E-state index contributed by atoms with van der Waals surface area (Å²) in [6, 6.07) is 5.78. The van der Waals surface area contributed by atoms with E-state index in [1.54, 1.807) is 0 Å². The zero-order valence-electron chi connectivity index (χ0n) is 12.7. The molecule has 1 aromatic rings. The fraction of sp³-hybridized carbons (Fsp3) is 0.471. The molecule has 1 aromatic carbocycles. The number of carbonyl (C=O) groups excluding carboxylic acids is 1. The standard InChI is InChI=1S/C17H24N2O/c1-4-11-19(12-5-2)17(20)16-9-8-14(3)13-15(16)7-6-10-18/h8-9,13H,4-5,10-12,18H2,1-3H3. The Morgan fingerprint density at radius 2 is 1.90 bits per heavy atom. The van der Waals surface area contributed by atoms with Crippen LogP contribution in [0, 0.1) is 18.8 Å². The third kappa shape index (κ3) is 4.40. The Morgan fingerprint density at radius 3 is 2.45 bits per heavy atom. The highest BCUT2D eigenvalue weighted by Crippen LogP contribution is 2.14. The zero-order valence-corrected chi connectivity index (χ0v) is 12.7. The molecule has 0 aliphatic heterocycles. The van der Waals surface area contributed by atoms with E-state index < -0.39 is 0 Å². The Bertz CT molecular complexity index is 505. The van der Waals surface area contributed by atoms with Crippen molar-refractivity contribution in [1.82, 2.24) is 4.90 Å². The number of hydrogen-bond donors (Lipinski definition) is 1. The quantitative estimate of drug-likeness (QED) is 0.837. The van der Waals surface area contributed by atoms with Gasteiger partial charge >= 0.3 is 0 Å². The third-order valence-electron chi connectivity index (χ3n) is 3.00. The number of amides is 1. The lowest BCUT2D eigenvalue weighted by atomic mass is 10.0. The summed E-state index contributed by atoms with van der Waals surface area (Å²) in [7, 11) is 0. The van der Waals surface area contributed by atoms with Crippen LogP contribution < -0.4 is 5.73 Å². The van der Waals surface area contributed by atoms with E-state index in [0.29, 0.717) is 12.1 Å². The van der Waals surface area contributed by atoms with Crippen LogP contribution in [0.3, 0.4) is 0 Å². The lowest BCUT2D eigenvalue weighted by Crippen LogP contribution is -2.33. The number of nitrogens with zero attached hydrogens (tertiary/aromatic N) is 1. The van der Waals surface area contributed by atoms with Crippen LogP contribution in [-0.4, -0.2) is 30.4 Å². The molecule has 1 rings (SSSR count). The molecular weight excluding hydrogens is 248 g/mol. The van der Waals surface area contributed by atoms with Crippen molar-refractivity contribution in [3.05, 3.63) is 34.9 Å². The molecule has 0 saturated carbocycles. The largest absolute Gasteiger partial charge is 0.339 e.